The summed E-state index contributed by atoms with van der Waals surface area (Å²) in [6, 6.07) is 4.30. The molecular weight excluding hydrogens is 252 g/mol. The zero-order valence-corrected chi connectivity index (χ0v) is 10.8. The molecule has 1 saturated heterocycles. The Morgan fingerprint density at radius 1 is 1.56 bits per heavy atom. The number of carboxylic acid groups (broad SMARTS) is 1. The molecule has 0 bridgehead atoms. The molecule has 2 atom stereocenters. The molecule has 6 heteroatoms. The van der Waals surface area contributed by atoms with Crippen LogP contribution in [0.3, 0.4) is 0 Å². The first kappa shape index (κ1) is 12.9. The summed E-state index contributed by atoms with van der Waals surface area (Å²) in [4.78, 5) is 28.9. The number of carboxylic acids is 1. The molecule has 0 aromatic carbocycles. The van der Waals surface area contributed by atoms with Crippen molar-refractivity contribution in [1.82, 2.24) is 9.88 Å². The highest BCUT2D eigenvalue weighted by Crippen LogP contribution is 2.32. The third-order valence-electron chi connectivity index (χ3n) is 2.85. The molecular formula is C12H14N2O3S. The minimum absolute atomic E-state index is 0.0828. The van der Waals surface area contributed by atoms with Crippen molar-refractivity contribution in [3.8, 4) is 0 Å². The number of rotatable bonds is 3. The van der Waals surface area contributed by atoms with Gasteiger partial charge in [-0.25, -0.2) is 4.79 Å². The number of aromatic nitrogens is 1. The third-order valence-corrected chi connectivity index (χ3v) is 4.30. The zero-order valence-electron chi connectivity index (χ0n) is 9.94. The second-order valence-electron chi connectivity index (χ2n) is 3.98. The van der Waals surface area contributed by atoms with Crippen molar-refractivity contribution < 1.29 is 14.7 Å². The predicted molar refractivity (Wildman–Crippen MR) is 68.4 cm³/mol. The highest BCUT2D eigenvalue weighted by atomic mass is 32.2. The summed E-state index contributed by atoms with van der Waals surface area (Å²) in [5.74, 6) is -0.825. The van der Waals surface area contributed by atoms with Gasteiger partial charge in [0.15, 0.2) is 0 Å². The van der Waals surface area contributed by atoms with Crippen molar-refractivity contribution in [3.63, 3.8) is 0 Å². The van der Waals surface area contributed by atoms with Gasteiger partial charge in [0.1, 0.15) is 11.7 Å². The SMILES string of the molecule is CCC1SCC(C(=O)O)N1C(=O)c1ccccn1. The first-order valence-corrected chi connectivity index (χ1v) is 6.78. The summed E-state index contributed by atoms with van der Waals surface area (Å²) < 4.78 is 0. The Labute approximate surface area is 109 Å². The molecule has 0 spiro atoms. The van der Waals surface area contributed by atoms with Crippen LogP contribution in [0.15, 0.2) is 24.4 Å². The van der Waals surface area contributed by atoms with Crippen LogP contribution in [0.1, 0.15) is 23.8 Å². The Morgan fingerprint density at radius 3 is 2.89 bits per heavy atom. The van der Waals surface area contributed by atoms with Crippen LogP contribution in [0, 0.1) is 0 Å². The lowest BCUT2D eigenvalue weighted by Crippen LogP contribution is -2.45. The largest absolute Gasteiger partial charge is 0.480 e. The second-order valence-corrected chi connectivity index (χ2v) is 5.19. The third kappa shape index (κ3) is 2.33. The van der Waals surface area contributed by atoms with Crippen molar-refractivity contribution in [2.45, 2.75) is 24.8 Å². The van der Waals surface area contributed by atoms with E-state index >= 15 is 0 Å². The van der Waals surface area contributed by atoms with Crippen LogP contribution in [0.2, 0.25) is 0 Å². The Morgan fingerprint density at radius 2 is 2.33 bits per heavy atom. The monoisotopic (exact) mass is 266 g/mol. The maximum atomic E-state index is 12.3. The van der Waals surface area contributed by atoms with Gasteiger partial charge in [-0.1, -0.05) is 13.0 Å². The van der Waals surface area contributed by atoms with E-state index in [1.807, 2.05) is 6.92 Å². The summed E-state index contributed by atoms with van der Waals surface area (Å²) in [5.41, 5.74) is 0.296. The lowest BCUT2D eigenvalue weighted by molar-refractivity contribution is -0.141. The van der Waals surface area contributed by atoms with E-state index < -0.39 is 12.0 Å². The Balaban J connectivity index is 2.28. The average Bonchev–Trinajstić information content (AvgIpc) is 2.82. The van der Waals surface area contributed by atoms with Gasteiger partial charge in [-0.15, -0.1) is 11.8 Å². The van der Waals surface area contributed by atoms with Crippen LogP contribution in [-0.4, -0.2) is 44.0 Å². The molecule has 1 amide bonds. The van der Waals surface area contributed by atoms with Crippen molar-refractivity contribution in [2.75, 3.05) is 5.75 Å². The van der Waals surface area contributed by atoms with E-state index in [0.717, 1.165) is 6.42 Å². The molecule has 1 aliphatic rings. The fourth-order valence-corrected chi connectivity index (χ4v) is 3.31. The molecule has 1 N–H and O–H groups in total. The molecule has 1 aromatic heterocycles. The van der Waals surface area contributed by atoms with Gasteiger partial charge in [0, 0.05) is 11.9 Å². The van der Waals surface area contributed by atoms with Crippen molar-refractivity contribution in [2.24, 2.45) is 0 Å². The fourth-order valence-electron chi connectivity index (χ4n) is 1.96. The molecule has 96 valence electrons. The Kier molecular flexibility index (Phi) is 3.86. The van der Waals surface area contributed by atoms with E-state index in [1.54, 1.807) is 18.2 Å². The van der Waals surface area contributed by atoms with E-state index in [9.17, 15) is 9.59 Å². The van der Waals surface area contributed by atoms with Crippen LogP contribution in [0.25, 0.3) is 0 Å². The highest BCUT2D eigenvalue weighted by Gasteiger charge is 2.41. The predicted octanol–water partition coefficient (Wildman–Crippen LogP) is 1.46. The summed E-state index contributed by atoms with van der Waals surface area (Å²) >= 11 is 1.51. The van der Waals surface area contributed by atoms with E-state index in [-0.39, 0.29) is 11.3 Å². The van der Waals surface area contributed by atoms with Gasteiger partial charge in [0.25, 0.3) is 5.91 Å². The second kappa shape index (κ2) is 5.39. The molecule has 2 rings (SSSR count). The number of hydrogen-bond donors (Lipinski definition) is 1. The smallest absolute Gasteiger partial charge is 0.327 e. The van der Waals surface area contributed by atoms with Gasteiger partial charge in [-0.3, -0.25) is 9.78 Å². The molecule has 1 aliphatic heterocycles. The first-order chi connectivity index (χ1) is 8.65. The molecule has 2 unspecified atom stereocenters. The number of carbonyl (C=O) groups excluding carboxylic acids is 1. The van der Waals surface area contributed by atoms with Gasteiger partial charge in [-0.2, -0.15) is 0 Å². The highest BCUT2D eigenvalue weighted by molar-refractivity contribution is 8.00. The van der Waals surface area contributed by atoms with Gasteiger partial charge < -0.3 is 10.0 Å². The molecule has 2 heterocycles. The minimum atomic E-state index is -0.956. The molecule has 0 saturated carbocycles. The summed E-state index contributed by atoms with van der Waals surface area (Å²) in [6.45, 7) is 1.95. The van der Waals surface area contributed by atoms with Crippen LogP contribution in [-0.2, 0) is 4.79 Å². The first-order valence-electron chi connectivity index (χ1n) is 5.73. The van der Waals surface area contributed by atoms with Crippen molar-refractivity contribution >= 4 is 23.6 Å². The number of aliphatic carboxylic acids is 1. The van der Waals surface area contributed by atoms with Crippen molar-refractivity contribution in [1.29, 1.82) is 0 Å². The number of hydrogen-bond acceptors (Lipinski definition) is 4. The number of thioether (sulfide) groups is 1. The summed E-state index contributed by atoms with van der Waals surface area (Å²) in [7, 11) is 0. The normalized spacial score (nSPS) is 23.1. The molecule has 1 aromatic rings. The summed E-state index contributed by atoms with van der Waals surface area (Å²) in [5, 5.41) is 9.08. The van der Waals surface area contributed by atoms with Crippen LogP contribution in [0.4, 0.5) is 0 Å². The Bertz CT molecular complexity index is 452. The topological polar surface area (TPSA) is 70.5 Å². The van der Waals surface area contributed by atoms with Crippen molar-refractivity contribution in [3.05, 3.63) is 30.1 Å². The number of amides is 1. The average molecular weight is 266 g/mol. The van der Waals surface area contributed by atoms with E-state index in [1.165, 1.54) is 22.9 Å². The van der Waals surface area contributed by atoms with Gasteiger partial charge in [-0.05, 0) is 18.6 Å². The maximum absolute atomic E-state index is 12.3. The van der Waals surface area contributed by atoms with E-state index in [0.29, 0.717) is 11.4 Å². The zero-order chi connectivity index (χ0) is 13.1. The molecule has 0 aliphatic carbocycles. The lowest BCUT2D eigenvalue weighted by Gasteiger charge is -2.26. The summed E-state index contributed by atoms with van der Waals surface area (Å²) in [6.07, 6.45) is 2.26. The Hall–Kier alpha value is -1.56. The van der Waals surface area contributed by atoms with Gasteiger partial charge in [0.2, 0.25) is 0 Å². The van der Waals surface area contributed by atoms with Crippen LogP contribution in [0.5, 0.6) is 0 Å². The van der Waals surface area contributed by atoms with E-state index in [2.05, 4.69) is 4.98 Å². The number of nitrogens with zero attached hydrogens (tertiary/aromatic N) is 2. The molecule has 5 nitrogen and oxygen atoms in total. The molecule has 0 radical (unpaired) electrons. The standard InChI is InChI=1S/C12H14N2O3S/c1-2-10-14(9(7-18-10)12(16)17)11(15)8-5-3-4-6-13-8/h3-6,9-10H,2,7H2,1H3,(H,16,17). The van der Waals surface area contributed by atoms with Crippen LogP contribution < -0.4 is 0 Å². The quantitative estimate of drug-likeness (QED) is 0.897. The maximum Gasteiger partial charge on any atom is 0.327 e. The molecule has 1 fully saturated rings. The minimum Gasteiger partial charge on any atom is -0.480 e. The van der Waals surface area contributed by atoms with E-state index in [4.69, 9.17) is 5.11 Å². The lowest BCUT2D eigenvalue weighted by atomic mass is 10.2. The van der Waals surface area contributed by atoms with Crippen LogP contribution >= 0.6 is 11.8 Å². The molecule has 18 heavy (non-hydrogen) atoms. The number of pyridine rings is 1. The fraction of sp³-hybridized carbons (Fsp3) is 0.417. The van der Waals surface area contributed by atoms with Gasteiger partial charge >= 0.3 is 5.97 Å². The van der Waals surface area contributed by atoms with Gasteiger partial charge in [0.05, 0.1) is 5.37 Å². The number of carbonyl (C=O) groups is 2.